The van der Waals surface area contributed by atoms with Gasteiger partial charge < -0.3 is 9.80 Å². The molecule has 3 rings (SSSR count). The first-order valence-electron chi connectivity index (χ1n) is 7.75. The number of hydrogen-bond donors (Lipinski definition) is 0. The number of carbonyl (C=O) groups excluding carboxylic acids is 2. The molecule has 1 aliphatic heterocycles. The van der Waals surface area contributed by atoms with E-state index in [-0.39, 0.29) is 11.8 Å². The molecule has 5 nitrogen and oxygen atoms in total. The summed E-state index contributed by atoms with van der Waals surface area (Å²) in [5, 5.41) is 0.790. The molecule has 0 unspecified atom stereocenters. The van der Waals surface area contributed by atoms with Gasteiger partial charge in [-0.05, 0) is 36.9 Å². The molecule has 0 saturated carbocycles. The maximum absolute atomic E-state index is 12.7. The zero-order valence-corrected chi connectivity index (χ0v) is 14.5. The average molecular weight is 341 g/mol. The minimum absolute atomic E-state index is 0.0313. The number of aromatic nitrogens is 1. The molecule has 1 aromatic carbocycles. The van der Waals surface area contributed by atoms with Crippen molar-refractivity contribution in [1.82, 2.24) is 9.88 Å². The average Bonchev–Trinajstić information content (AvgIpc) is 3.02. The van der Waals surface area contributed by atoms with Crippen LogP contribution >= 0.6 is 11.8 Å². The van der Waals surface area contributed by atoms with Crippen LogP contribution in [-0.4, -0.2) is 47.6 Å². The van der Waals surface area contributed by atoms with Crippen molar-refractivity contribution < 1.29 is 9.59 Å². The van der Waals surface area contributed by atoms with Crippen molar-refractivity contribution in [3.05, 3.63) is 54.2 Å². The Morgan fingerprint density at radius 1 is 1.29 bits per heavy atom. The van der Waals surface area contributed by atoms with Crippen molar-refractivity contribution in [2.75, 3.05) is 24.7 Å². The number of hydrogen-bond acceptors (Lipinski definition) is 4. The number of benzene rings is 1. The Bertz CT molecular complexity index is 751. The standard InChI is InChI=1S/C18H19N3O2S/c1-20(17(22)13-8-10-19-16(12-13)24-2)15-9-11-21(18(15)23)14-6-4-3-5-7-14/h3-8,10,12,15H,9,11H2,1-2H3/t15-/m1/s1. The number of nitrogens with zero attached hydrogens (tertiary/aromatic N) is 3. The van der Waals surface area contributed by atoms with Crippen LogP contribution < -0.4 is 4.90 Å². The molecule has 1 atom stereocenters. The highest BCUT2D eigenvalue weighted by molar-refractivity contribution is 7.98. The summed E-state index contributed by atoms with van der Waals surface area (Å²) in [6, 6.07) is 12.6. The molecular weight excluding hydrogens is 322 g/mol. The number of rotatable bonds is 4. The van der Waals surface area contributed by atoms with Crippen LogP contribution in [0.1, 0.15) is 16.8 Å². The molecule has 0 bridgehead atoms. The Morgan fingerprint density at radius 2 is 2.04 bits per heavy atom. The summed E-state index contributed by atoms with van der Waals surface area (Å²) >= 11 is 1.49. The topological polar surface area (TPSA) is 53.5 Å². The first kappa shape index (κ1) is 16.5. The van der Waals surface area contributed by atoms with Gasteiger partial charge >= 0.3 is 0 Å². The van der Waals surface area contributed by atoms with Crippen molar-refractivity contribution in [2.45, 2.75) is 17.5 Å². The van der Waals surface area contributed by atoms with E-state index in [1.54, 1.807) is 35.2 Å². The SMILES string of the molecule is CSc1cc(C(=O)N(C)[C@@H]2CCN(c3ccccc3)C2=O)ccn1. The first-order chi connectivity index (χ1) is 11.6. The summed E-state index contributed by atoms with van der Waals surface area (Å²) < 4.78 is 0. The molecule has 24 heavy (non-hydrogen) atoms. The molecule has 124 valence electrons. The fourth-order valence-electron chi connectivity index (χ4n) is 2.89. The van der Waals surface area contributed by atoms with Crippen LogP contribution in [0, 0.1) is 0 Å². The van der Waals surface area contributed by atoms with Crippen molar-refractivity contribution in [3.63, 3.8) is 0 Å². The van der Waals surface area contributed by atoms with Gasteiger partial charge in [0.1, 0.15) is 6.04 Å². The van der Waals surface area contributed by atoms with Crippen molar-refractivity contribution in [3.8, 4) is 0 Å². The highest BCUT2D eigenvalue weighted by Crippen LogP contribution is 2.24. The largest absolute Gasteiger partial charge is 0.330 e. The molecule has 2 aromatic rings. The van der Waals surface area contributed by atoms with Gasteiger partial charge in [0.15, 0.2) is 0 Å². The second-order valence-corrected chi connectivity index (χ2v) is 6.46. The molecular formula is C18H19N3O2S. The molecule has 1 aromatic heterocycles. The Labute approximate surface area is 145 Å². The third-order valence-corrected chi connectivity index (χ3v) is 4.87. The molecule has 2 heterocycles. The summed E-state index contributed by atoms with van der Waals surface area (Å²) in [7, 11) is 1.69. The van der Waals surface area contributed by atoms with Gasteiger partial charge in [0.05, 0.1) is 5.03 Å². The minimum atomic E-state index is -0.427. The predicted molar refractivity (Wildman–Crippen MR) is 95.3 cm³/mol. The number of anilines is 1. The number of thioether (sulfide) groups is 1. The molecule has 1 saturated heterocycles. The van der Waals surface area contributed by atoms with E-state index in [9.17, 15) is 9.59 Å². The normalized spacial score (nSPS) is 17.2. The van der Waals surface area contributed by atoms with Gasteiger partial charge in [-0.1, -0.05) is 18.2 Å². The van der Waals surface area contributed by atoms with Crippen molar-refractivity contribution in [2.24, 2.45) is 0 Å². The maximum atomic E-state index is 12.7. The lowest BCUT2D eigenvalue weighted by Crippen LogP contribution is -2.43. The highest BCUT2D eigenvalue weighted by atomic mass is 32.2. The van der Waals surface area contributed by atoms with Crippen LogP contribution in [0.25, 0.3) is 0 Å². The third-order valence-electron chi connectivity index (χ3n) is 4.22. The Balaban J connectivity index is 1.76. The molecule has 0 N–H and O–H groups in total. The lowest BCUT2D eigenvalue weighted by molar-refractivity contribution is -0.120. The molecule has 0 aliphatic carbocycles. The Hall–Kier alpha value is -2.34. The molecule has 0 radical (unpaired) electrons. The van der Waals surface area contributed by atoms with Crippen LogP contribution in [0.15, 0.2) is 53.7 Å². The molecule has 1 aliphatic rings. The fraction of sp³-hybridized carbons (Fsp3) is 0.278. The minimum Gasteiger partial charge on any atom is -0.330 e. The Morgan fingerprint density at radius 3 is 2.75 bits per heavy atom. The van der Waals surface area contributed by atoms with Gasteiger partial charge in [0.2, 0.25) is 5.91 Å². The Kier molecular flexibility index (Phi) is 4.85. The van der Waals surface area contributed by atoms with E-state index in [4.69, 9.17) is 0 Å². The first-order valence-corrected chi connectivity index (χ1v) is 8.98. The zero-order valence-electron chi connectivity index (χ0n) is 13.7. The maximum Gasteiger partial charge on any atom is 0.254 e. The number of carbonyl (C=O) groups is 2. The van der Waals surface area contributed by atoms with E-state index in [2.05, 4.69) is 4.98 Å². The molecule has 6 heteroatoms. The van der Waals surface area contributed by atoms with Gasteiger partial charge in [-0.2, -0.15) is 0 Å². The number of likely N-dealkylation sites (N-methyl/N-ethyl adjacent to an activating group) is 1. The van der Waals surface area contributed by atoms with Crippen LogP contribution in [-0.2, 0) is 4.79 Å². The molecule has 1 fully saturated rings. The number of para-hydroxylation sites is 1. The second-order valence-electron chi connectivity index (χ2n) is 5.63. The van der Waals surface area contributed by atoms with Gasteiger partial charge in [-0.3, -0.25) is 9.59 Å². The van der Waals surface area contributed by atoms with Crippen LogP contribution in [0.3, 0.4) is 0 Å². The quantitative estimate of drug-likeness (QED) is 0.803. The van der Waals surface area contributed by atoms with Crippen LogP contribution in [0.4, 0.5) is 5.69 Å². The number of amides is 2. The van der Waals surface area contributed by atoms with Crippen molar-refractivity contribution in [1.29, 1.82) is 0 Å². The third kappa shape index (κ3) is 3.14. The summed E-state index contributed by atoms with van der Waals surface area (Å²) in [4.78, 5) is 32.9. The van der Waals surface area contributed by atoms with E-state index >= 15 is 0 Å². The summed E-state index contributed by atoms with van der Waals surface area (Å²) in [6.07, 6.45) is 4.18. The van der Waals surface area contributed by atoms with Crippen LogP contribution in [0.2, 0.25) is 0 Å². The number of pyridine rings is 1. The van der Waals surface area contributed by atoms with E-state index in [1.807, 2.05) is 36.6 Å². The van der Waals surface area contributed by atoms with Gasteiger partial charge in [-0.25, -0.2) is 4.98 Å². The monoisotopic (exact) mass is 341 g/mol. The summed E-state index contributed by atoms with van der Waals surface area (Å²) in [5.41, 5.74) is 1.43. The van der Waals surface area contributed by atoms with Crippen LogP contribution in [0.5, 0.6) is 0 Å². The highest BCUT2D eigenvalue weighted by Gasteiger charge is 2.37. The van der Waals surface area contributed by atoms with Gasteiger partial charge in [-0.15, -0.1) is 11.8 Å². The summed E-state index contributed by atoms with van der Waals surface area (Å²) in [6.45, 7) is 0.623. The van der Waals surface area contributed by atoms with E-state index < -0.39 is 6.04 Å². The predicted octanol–water partition coefficient (Wildman–Crippen LogP) is 2.68. The van der Waals surface area contributed by atoms with Gasteiger partial charge in [0, 0.05) is 31.0 Å². The molecule has 0 spiro atoms. The second kappa shape index (κ2) is 7.05. The van der Waals surface area contributed by atoms with E-state index in [1.165, 1.54) is 11.8 Å². The fourth-order valence-corrected chi connectivity index (χ4v) is 3.30. The smallest absolute Gasteiger partial charge is 0.254 e. The zero-order chi connectivity index (χ0) is 17.1. The van der Waals surface area contributed by atoms with E-state index in [0.29, 0.717) is 18.5 Å². The van der Waals surface area contributed by atoms with Gasteiger partial charge in [0.25, 0.3) is 5.91 Å². The summed E-state index contributed by atoms with van der Waals surface area (Å²) in [5.74, 6) is -0.183. The van der Waals surface area contributed by atoms with Crippen molar-refractivity contribution >= 4 is 29.3 Å². The molecule has 2 amide bonds. The lowest BCUT2D eigenvalue weighted by atomic mass is 10.1. The van der Waals surface area contributed by atoms with E-state index in [0.717, 1.165) is 10.7 Å². The lowest BCUT2D eigenvalue weighted by Gasteiger charge is -2.24.